The second-order valence-electron chi connectivity index (χ2n) is 6.60. The monoisotopic (exact) mass is 481 g/mol. The molecular formula is C20H14N2NaO7S2+. The van der Waals surface area contributed by atoms with Crippen molar-refractivity contribution in [3.63, 3.8) is 0 Å². The van der Waals surface area contributed by atoms with E-state index in [2.05, 4.69) is 10.2 Å². The van der Waals surface area contributed by atoms with E-state index in [1.165, 1.54) is 6.07 Å². The molecule has 0 spiro atoms. The van der Waals surface area contributed by atoms with E-state index < -0.39 is 41.5 Å². The predicted octanol–water partition coefficient (Wildman–Crippen LogP) is 1.61. The first-order chi connectivity index (χ1) is 14.6. The average Bonchev–Trinajstić information content (AvgIpc) is 2.71. The second kappa shape index (κ2) is 8.87. The molecule has 0 atom stereocenters. The molecule has 0 heterocycles. The molecule has 4 aromatic rings. The number of phenols is 1. The first kappa shape index (κ1) is 24.3. The van der Waals surface area contributed by atoms with Gasteiger partial charge in [-0.25, -0.2) is 0 Å². The summed E-state index contributed by atoms with van der Waals surface area (Å²) in [6.07, 6.45) is 0. The van der Waals surface area contributed by atoms with Crippen molar-refractivity contribution in [3.05, 3.63) is 66.7 Å². The maximum absolute atomic E-state index is 11.9. The number of fused-ring (bicyclic) bond motifs is 2. The molecule has 0 fully saturated rings. The van der Waals surface area contributed by atoms with E-state index >= 15 is 0 Å². The first-order valence-corrected chi connectivity index (χ1v) is 11.6. The van der Waals surface area contributed by atoms with E-state index in [0.717, 1.165) is 29.0 Å². The summed E-state index contributed by atoms with van der Waals surface area (Å²) in [5, 5.41) is 20.2. The Hall–Kier alpha value is -2.38. The maximum Gasteiger partial charge on any atom is 1.00 e. The number of benzene rings is 4. The smallest absolute Gasteiger partial charge is 0.505 e. The van der Waals surface area contributed by atoms with Crippen molar-refractivity contribution in [1.82, 2.24) is 0 Å². The summed E-state index contributed by atoms with van der Waals surface area (Å²) >= 11 is 0. The molecule has 4 aromatic carbocycles. The Kier molecular flexibility index (Phi) is 6.72. The van der Waals surface area contributed by atoms with Crippen LogP contribution in [0.15, 0.2) is 86.7 Å². The molecule has 0 aliphatic rings. The van der Waals surface area contributed by atoms with Gasteiger partial charge < -0.3 is 5.11 Å². The van der Waals surface area contributed by atoms with Crippen molar-refractivity contribution < 1.29 is 60.6 Å². The third kappa shape index (κ3) is 4.69. The molecule has 0 aliphatic heterocycles. The molecule has 0 amide bonds. The minimum Gasteiger partial charge on any atom is -0.505 e. The van der Waals surface area contributed by atoms with Gasteiger partial charge in [0.05, 0.1) is 10.6 Å². The van der Waals surface area contributed by atoms with Crippen LogP contribution in [0.25, 0.3) is 21.5 Å². The van der Waals surface area contributed by atoms with E-state index in [1.54, 1.807) is 24.3 Å². The van der Waals surface area contributed by atoms with Crippen molar-refractivity contribution in [2.24, 2.45) is 10.2 Å². The van der Waals surface area contributed by atoms with Gasteiger partial charge in [-0.15, -0.1) is 10.2 Å². The van der Waals surface area contributed by atoms with Crippen molar-refractivity contribution in [2.45, 2.75) is 9.79 Å². The van der Waals surface area contributed by atoms with Gasteiger partial charge in [0.1, 0.15) is 10.6 Å². The van der Waals surface area contributed by atoms with E-state index in [0.29, 0.717) is 5.69 Å². The van der Waals surface area contributed by atoms with Crippen LogP contribution in [0.2, 0.25) is 0 Å². The van der Waals surface area contributed by atoms with E-state index in [4.69, 9.17) is 0 Å². The molecule has 0 aliphatic carbocycles. The van der Waals surface area contributed by atoms with E-state index in [9.17, 15) is 31.0 Å². The number of phenolic OH excluding ortho intramolecular Hbond substituents is 1. The molecule has 0 aromatic heterocycles. The Morgan fingerprint density at radius 3 is 2.06 bits per heavy atom. The van der Waals surface area contributed by atoms with Crippen LogP contribution in [-0.4, -0.2) is 31.0 Å². The fourth-order valence-corrected chi connectivity index (χ4v) is 4.36. The topological polar surface area (TPSA) is 154 Å². The summed E-state index contributed by atoms with van der Waals surface area (Å²) in [7, 11) is -9.44. The van der Waals surface area contributed by atoms with Crippen LogP contribution in [0, 0.1) is 0 Å². The zero-order valence-electron chi connectivity index (χ0n) is 16.5. The molecule has 9 nitrogen and oxygen atoms in total. The zero-order valence-corrected chi connectivity index (χ0v) is 20.2. The van der Waals surface area contributed by atoms with E-state index in [1.807, 2.05) is 18.2 Å². The largest absolute Gasteiger partial charge is 1.00 e. The van der Waals surface area contributed by atoms with Gasteiger partial charge in [0, 0.05) is 10.8 Å². The van der Waals surface area contributed by atoms with Gasteiger partial charge in [0.2, 0.25) is 0 Å². The molecule has 0 unspecified atom stereocenters. The minimum atomic E-state index is -4.87. The number of hydrogen-bond donors (Lipinski definition) is 3. The third-order valence-electron chi connectivity index (χ3n) is 4.62. The summed E-state index contributed by atoms with van der Waals surface area (Å²) in [5.74, 6) is -0.629. The fourth-order valence-electron chi connectivity index (χ4n) is 3.18. The van der Waals surface area contributed by atoms with Crippen molar-refractivity contribution >= 4 is 53.2 Å². The van der Waals surface area contributed by atoms with Crippen LogP contribution in [0.5, 0.6) is 5.75 Å². The van der Waals surface area contributed by atoms with Crippen LogP contribution >= 0.6 is 0 Å². The van der Waals surface area contributed by atoms with Gasteiger partial charge in [0.25, 0.3) is 20.2 Å². The number of nitrogens with zero attached hydrogens (tertiary/aromatic N) is 2. The Labute approximate surface area is 205 Å². The molecule has 0 bridgehead atoms. The summed E-state index contributed by atoms with van der Waals surface area (Å²) in [6.45, 7) is 0. The molecule has 32 heavy (non-hydrogen) atoms. The Morgan fingerprint density at radius 2 is 1.38 bits per heavy atom. The van der Waals surface area contributed by atoms with Crippen molar-refractivity contribution in [2.75, 3.05) is 0 Å². The van der Waals surface area contributed by atoms with Crippen LogP contribution < -0.4 is 29.6 Å². The predicted molar refractivity (Wildman–Crippen MR) is 113 cm³/mol. The summed E-state index contributed by atoms with van der Waals surface area (Å²) in [6, 6.07) is 16.7. The van der Waals surface area contributed by atoms with Gasteiger partial charge in [0.15, 0.2) is 5.75 Å². The average molecular weight is 481 g/mol. The molecule has 0 saturated heterocycles. The normalized spacial score (nSPS) is 12.3. The number of aromatic hydroxyl groups is 1. The van der Waals surface area contributed by atoms with Gasteiger partial charge in [-0.3, -0.25) is 9.11 Å². The Bertz CT molecular complexity index is 1600. The van der Waals surface area contributed by atoms with Crippen molar-refractivity contribution in [3.8, 4) is 5.75 Å². The second-order valence-corrected chi connectivity index (χ2v) is 9.41. The van der Waals surface area contributed by atoms with Gasteiger partial charge in [-0.1, -0.05) is 36.4 Å². The third-order valence-corrected chi connectivity index (χ3v) is 6.34. The Morgan fingerprint density at radius 1 is 0.688 bits per heavy atom. The molecule has 0 radical (unpaired) electrons. The molecule has 12 heteroatoms. The fraction of sp³-hybridized carbons (Fsp3) is 0. The van der Waals surface area contributed by atoms with Crippen molar-refractivity contribution in [1.29, 1.82) is 0 Å². The minimum absolute atomic E-state index is 0. The van der Waals surface area contributed by atoms with Gasteiger partial charge in [-0.05, 0) is 41.1 Å². The number of rotatable bonds is 4. The SMILES string of the molecule is O=S(=O)(O)c1ccc2c(O)c(N=Nc3cccc4ccccc34)c(S(=O)(=O)O)cc2c1.[Na+]. The molecule has 158 valence electrons. The van der Waals surface area contributed by atoms with Crippen LogP contribution in [0.4, 0.5) is 11.4 Å². The van der Waals surface area contributed by atoms with Crippen LogP contribution in [0.1, 0.15) is 0 Å². The summed E-state index contributed by atoms with van der Waals surface area (Å²) < 4.78 is 65.4. The zero-order chi connectivity index (χ0) is 22.4. The van der Waals surface area contributed by atoms with Crippen LogP contribution in [0.3, 0.4) is 0 Å². The van der Waals surface area contributed by atoms with E-state index in [-0.39, 0.29) is 40.3 Å². The molecule has 3 N–H and O–H groups in total. The maximum atomic E-state index is 11.9. The van der Waals surface area contributed by atoms with Gasteiger partial charge in [-0.2, -0.15) is 16.8 Å². The molecule has 0 saturated carbocycles. The number of azo groups is 1. The number of hydrogen-bond acceptors (Lipinski definition) is 7. The quantitative estimate of drug-likeness (QED) is 0.227. The molecule has 4 rings (SSSR count). The van der Waals surface area contributed by atoms with Gasteiger partial charge >= 0.3 is 29.6 Å². The Balaban J connectivity index is 0.00000289. The standard InChI is InChI=1S/C20H14N2O7S2.Na/c23-20-16-9-8-14(30(24,25)26)10-13(16)11-18(31(27,28)29)19(20)22-21-17-7-3-5-12-4-1-2-6-15(12)17;/h1-11,23H,(H,24,25,26)(H,27,28,29);/q;+1. The molecular weight excluding hydrogens is 467 g/mol. The summed E-state index contributed by atoms with van der Waals surface area (Å²) in [4.78, 5) is -1.28. The first-order valence-electron chi connectivity index (χ1n) is 8.70. The van der Waals surface area contributed by atoms with Crippen LogP contribution in [-0.2, 0) is 20.2 Å². The summed E-state index contributed by atoms with van der Waals surface area (Å²) in [5.41, 5.74) is -0.108.